The second kappa shape index (κ2) is 13.5. The molecule has 184 valence electrons. The highest BCUT2D eigenvalue weighted by molar-refractivity contribution is 5.94. The van der Waals surface area contributed by atoms with Crippen LogP contribution >= 0.6 is 0 Å². The maximum atomic E-state index is 12.8. The van der Waals surface area contributed by atoms with Crippen molar-refractivity contribution in [2.75, 3.05) is 6.61 Å². The van der Waals surface area contributed by atoms with Crippen LogP contribution in [0.15, 0.2) is 30.3 Å². The number of aliphatic hydroxyl groups is 2. The quantitative estimate of drug-likeness (QED) is 0.183. The molecule has 0 spiro atoms. The van der Waals surface area contributed by atoms with Crippen LogP contribution in [0.25, 0.3) is 0 Å². The van der Waals surface area contributed by atoms with Crippen molar-refractivity contribution in [3.63, 3.8) is 0 Å². The number of carboxylic acid groups (broad SMARTS) is 1. The summed E-state index contributed by atoms with van der Waals surface area (Å²) in [6.07, 6.45) is -0.923. The molecule has 8 N–H and O–H groups in total. The second-order valence-electron chi connectivity index (χ2n) is 8.29. The SMILES string of the molecule is CC(C)CC(NC(=O)C(N)C(C)O)C(=O)NC(CO)C(=O)NC(Cc1ccccc1)C(=O)O. The third-order valence-electron chi connectivity index (χ3n) is 4.88. The van der Waals surface area contributed by atoms with Crippen LogP contribution in [0, 0.1) is 5.92 Å². The molecule has 5 unspecified atom stereocenters. The smallest absolute Gasteiger partial charge is 0.326 e. The number of benzene rings is 1. The Morgan fingerprint density at radius 3 is 1.88 bits per heavy atom. The molecule has 0 aromatic heterocycles. The maximum Gasteiger partial charge on any atom is 0.326 e. The zero-order chi connectivity index (χ0) is 25.1. The van der Waals surface area contributed by atoms with Crippen LogP contribution in [0.1, 0.15) is 32.8 Å². The van der Waals surface area contributed by atoms with Crippen LogP contribution < -0.4 is 21.7 Å². The molecule has 11 nitrogen and oxygen atoms in total. The molecule has 0 aliphatic carbocycles. The summed E-state index contributed by atoms with van der Waals surface area (Å²) in [6, 6.07) is 3.62. The van der Waals surface area contributed by atoms with Crippen LogP contribution in [-0.2, 0) is 25.6 Å². The van der Waals surface area contributed by atoms with Crippen molar-refractivity contribution in [2.45, 2.75) is 63.9 Å². The maximum absolute atomic E-state index is 12.8. The van der Waals surface area contributed by atoms with Gasteiger partial charge in [-0.05, 0) is 24.8 Å². The summed E-state index contributed by atoms with van der Waals surface area (Å²) in [5, 5.41) is 35.7. The predicted octanol–water partition coefficient (Wildman–Crippen LogP) is -1.49. The minimum atomic E-state index is -1.44. The highest BCUT2D eigenvalue weighted by Gasteiger charge is 2.31. The van der Waals surface area contributed by atoms with E-state index < -0.39 is 60.6 Å². The molecule has 3 amide bonds. The molecule has 5 atom stereocenters. The number of aliphatic carboxylic acids is 1. The standard InChI is InChI=1S/C22H34N4O7/c1-12(2)9-15(24-21(31)18(23)13(3)28)19(29)26-17(11-27)20(30)25-16(22(32)33)10-14-7-5-4-6-8-14/h4-8,12-13,15-18,27-28H,9-11,23H2,1-3H3,(H,24,31)(H,25,30)(H,26,29)(H,32,33). The van der Waals surface area contributed by atoms with Gasteiger partial charge in [-0.1, -0.05) is 44.2 Å². The van der Waals surface area contributed by atoms with Crippen molar-refractivity contribution >= 4 is 23.7 Å². The molecule has 0 heterocycles. The molecule has 33 heavy (non-hydrogen) atoms. The first-order valence-electron chi connectivity index (χ1n) is 10.7. The van der Waals surface area contributed by atoms with Crippen molar-refractivity contribution in [3.05, 3.63) is 35.9 Å². The summed E-state index contributed by atoms with van der Waals surface area (Å²) in [7, 11) is 0. The Morgan fingerprint density at radius 1 is 0.879 bits per heavy atom. The Bertz CT molecular complexity index is 801. The van der Waals surface area contributed by atoms with Gasteiger partial charge in [-0.15, -0.1) is 0 Å². The van der Waals surface area contributed by atoms with Gasteiger partial charge in [0.25, 0.3) is 0 Å². The van der Waals surface area contributed by atoms with E-state index in [4.69, 9.17) is 5.73 Å². The molecule has 1 aromatic rings. The number of hydrogen-bond acceptors (Lipinski definition) is 7. The number of nitrogens with two attached hydrogens (primary N) is 1. The van der Waals surface area contributed by atoms with E-state index >= 15 is 0 Å². The number of carbonyl (C=O) groups is 4. The van der Waals surface area contributed by atoms with Gasteiger partial charge in [0.2, 0.25) is 17.7 Å². The number of aliphatic hydroxyl groups excluding tert-OH is 2. The third kappa shape index (κ3) is 9.56. The van der Waals surface area contributed by atoms with Crippen LogP contribution in [0.3, 0.4) is 0 Å². The first-order chi connectivity index (χ1) is 15.5. The number of amides is 3. The Balaban J connectivity index is 2.87. The van der Waals surface area contributed by atoms with Gasteiger partial charge >= 0.3 is 5.97 Å². The molecule has 0 aliphatic rings. The lowest BCUT2D eigenvalue weighted by Crippen LogP contribution is -2.59. The van der Waals surface area contributed by atoms with Crippen molar-refractivity contribution in [1.29, 1.82) is 0 Å². The van der Waals surface area contributed by atoms with Crippen molar-refractivity contribution in [1.82, 2.24) is 16.0 Å². The zero-order valence-electron chi connectivity index (χ0n) is 19.0. The van der Waals surface area contributed by atoms with Crippen LogP contribution in [0.4, 0.5) is 0 Å². The van der Waals surface area contributed by atoms with Gasteiger partial charge in [0.1, 0.15) is 24.2 Å². The lowest BCUT2D eigenvalue weighted by Gasteiger charge is -2.25. The minimum absolute atomic E-state index is 0.0112. The van der Waals surface area contributed by atoms with Crippen LogP contribution in [0.2, 0.25) is 0 Å². The van der Waals surface area contributed by atoms with Gasteiger partial charge in [-0.2, -0.15) is 0 Å². The molecule has 0 saturated heterocycles. The van der Waals surface area contributed by atoms with E-state index in [-0.39, 0.29) is 18.8 Å². The first-order valence-corrected chi connectivity index (χ1v) is 10.7. The zero-order valence-corrected chi connectivity index (χ0v) is 19.0. The summed E-state index contributed by atoms with van der Waals surface area (Å²) in [5.74, 6) is -3.67. The number of nitrogens with one attached hydrogen (secondary N) is 3. The van der Waals surface area contributed by atoms with E-state index in [0.29, 0.717) is 5.56 Å². The van der Waals surface area contributed by atoms with E-state index in [0.717, 1.165) is 0 Å². The molecule has 1 rings (SSSR count). The van der Waals surface area contributed by atoms with E-state index in [1.165, 1.54) is 6.92 Å². The topological polar surface area (TPSA) is 191 Å². The van der Waals surface area contributed by atoms with Gasteiger partial charge < -0.3 is 37.0 Å². The molecule has 0 fully saturated rings. The molecule has 0 saturated carbocycles. The fourth-order valence-corrected chi connectivity index (χ4v) is 2.98. The number of carboxylic acids is 1. The van der Waals surface area contributed by atoms with Gasteiger partial charge in [-0.3, -0.25) is 14.4 Å². The highest BCUT2D eigenvalue weighted by atomic mass is 16.4. The summed E-state index contributed by atoms with van der Waals surface area (Å²) >= 11 is 0. The summed E-state index contributed by atoms with van der Waals surface area (Å²) in [5.41, 5.74) is 6.29. The first kappa shape index (κ1) is 28.0. The van der Waals surface area contributed by atoms with E-state index in [9.17, 15) is 34.5 Å². The minimum Gasteiger partial charge on any atom is -0.480 e. The Kier molecular flexibility index (Phi) is 11.5. The average Bonchev–Trinajstić information content (AvgIpc) is 2.75. The lowest BCUT2D eigenvalue weighted by atomic mass is 10.0. The summed E-state index contributed by atoms with van der Waals surface area (Å²) in [4.78, 5) is 49.1. The number of rotatable bonds is 13. The Labute approximate surface area is 192 Å². The molecule has 11 heteroatoms. The largest absolute Gasteiger partial charge is 0.480 e. The van der Waals surface area contributed by atoms with Crippen molar-refractivity contribution in [3.8, 4) is 0 Å². The van der Waals surface area contributed by atoms with E-state index in [1.54, 1.807) is 30.3 Å². The third-order valence-corrected chi connectivity index (χ3v) is 4.88. The molecule has 0 aliphatic heterocycles. The van der Waals surface area contributed by atoms with E-state index in [2.05, 4.69) is 16.0 Å². The Morgan fingerprint density at radius 2 is 1.39 bits per heavy atom. The van der Waals surface area contributed by atoms with Crippen molar-refractivity contribution in [2.24, 2.45) is 11.7 Å². The fourth-order valence-electron chi connectivity index (χ4n) is 2.98. The van der Waals surface area contributed by atoms with Gasteiger partial charge in [0.15, 0.2) is 0 Å². The summed E-state index contributed by atoms with van der Waals surface area (Å²) < 4.78 is 0. The lowest BCUT2D eigenvalue weighted by molar-refractivity contribution is -0.142. The van der Waals surface area contributed by atoms with Crippen molar-refractivity contribution < 1.29 is 34.5 Å². The predicted molar refractivity (Wildman–Crippen MR) is 120 cm³/mol. The van der Waals surface area contributed by atoms with Gasteiger partial charge in [0, 0.05) is 6.42 Å². The molecular formula is C22H34N4O7. The highest BCUT2D eigenvalue weighted by Crippen LogP contribution is 2.07. The molecule has 0 bridgehead atoms. The molecule has 1 aromatic carbocycles. The second-order valence-corrected chi connectivity index (χ2v) is 8.29. The molecular weight excluding hydrogens is 432 g/mol. The monoisotopic (exact) mass is 466 g/mol. The summed E-state index contributed by atoms with van der Waals surface area (Å²) in [6.45, 7) is 4.18. The fraction of sp³-hybridized carbons (Fsp3) is 0.545. The normalized spacial score (nSPS) is 15.6. The molecule has 0 radical (unpaired) electrons. The van der Waals surface area contributed by atoms with Gasteiger partial charge in [-0.25, -0.2) is 4.79 Å². The van der Waals surface area contributed by atoms with Crippen LogP contribution in [-0.4, -0.2) is 75.9 Å². The number of carbonyl (C=O) groups excluding carboxylic acids is 3. The van der Waals surface area contributed by atoms with Gasteiger partial charge in [0.05, 0.1) is 12.7 Å². The Hall–Kier alpha value is -3.02. The number of hydrogen-bond donors (Lipinski definition) is 7. The van der Waals surface area contributed by atoms with Crippen LogP contribution in [0.5, 0.6) is 0 Å². The average molecular weight is 467 g/mol. The van der Waals surface area contributed by atoms with E-state index in [1.807, 2.05) is 13.8 Å².